The molecule has 6 nitrogen and oxygen atoms in total. The fourth-order valence-electron chi connectivity index (χ4n) is 2.47. The molecule has 0 amide bonds. The molecule has 1 aromatic carbocycles. The summed E-state index contributed by atoms with van der Waals surface area (Å²) in [4.78, 5) is 26.3. The average molecular weight is 349 g/mol. The highest BCUT2D eigenvalue weighted by atomic mass is 19.4. The second kappa shape index (κ2) is 6.00. The fraction of sp³-hybridized carbons (Fsp3) is 0.125. The van der Waals surface area contributed by atoms with E-state index in [1.165, 1.54) is 41.1 Å². The first-order valence-electron chi connectivity index (χ1n) is 7.06. The lowest BCUT2D eigenvalue weighted by molar-refractivity contribution is -0.383. The number of nitro groups is 1. The SMILES string of the molecule is O=c1c2cccc([N+](=O)[O-])c2ccn1Cc1ccc(C(F)(F)F)nc1. The van der Waals surface area contributed by atoms with Crippen molar-refractivity contribution in [1.29, 1.82) is 0 Å². The van der Waals surface area contributed by atoms with E-state index in [2.05, 4.69) is 4.98 Å². The van der Waals surface area contributed by atoms with Crippen LogP contribution in [-0.4, -0.2) is 14.5 Å². The summed E-state index contributed by atoms with van der Waals surface area (Å²) in [6.45, 7) is 0.00258. The van der Waals surface area contributed by atoms with Crippen molar-refractivity contribution in [3.63, 3.8) is 0 Å². The zero-order valence-corrected chi connectivity index (χ0v) is 12.5. The second-order valence-electron chi connectivity index (χ2n) is 5.29. The van der Waals surface area contributed by atoms with Crippen LogP contribution in [-0.2, 0) is 12.7 Å². The van der Waals surface area contributed by atoms with Gasteiger partial charge < -0.3 is 4.57 Å². The molecule has 25 heavy (non-hydrogen) atoms. The zero-order chi connectivity index (χ0) is 18.2. The molecule has 3 aromatic rings. The smallest absolute Gasteiger partial charge is 0.310 e. The van der Waals surface area contributed by atoms with E-state index in [9.17, 15) is 28.1 Å². The highest BCUT2D eigenvalue weighted by Gasteiger charge is 2.32. The summed E-state index contributed by atoms with van der Waals surface area (Å²) in [6, 6.07) is 7.68. The van der Waals surface area contributed by atoms with Crippen molar-refractivity contribution in [3.05, 3.63) is 80.5 Å². The minimum atomic E-state index is -4.53. The molecule has 0 spiro atoms. The van der Waals surface area contributed by atoms with Crippen molar-refractivity contribution in [2.75, 3.05) is 0 Å². The first kappa shape index (κ1) is 16.6. The first-order valence-corrected chi connectivity index (χ1v) is 7.06. The Morgan fingerprint density at radius 1 is 1.12 bits per heavy atom. The van der Waals surface area contributed by atoms with Gasteiger partial charge in [0.25, 0.3) is 11.2 Å². The second-order valence-corrected chi connectivity index (χ2v) is 5.29. The Bertz CT molecular complexity index is 1010. The summed E-state index contributed by atoms with van der Waals surface area (Å²) < 4.78 is 38.8. The summed E-state index contributed by atoms with van der Waals surface area (Å²) in [5, 5.41) is 11.4. The summed E-state index contributed by atoms with van der Waals surface area (Å²) in [6.07, 6.45) is -2.11. The number of nitro benzene ring substituents is 1. The standard InChI is InChI=1S/C16H10F3N3O3/c17-16(18,19)14-5-4-10(8-20-14)9-21-7-6-11-12(15(21)23)2-1-3-13(11)22(24)25/h1-8H,9H2. The van der Waals surface area contributed by atoms with Crippen molar-refractivity contribution in [3.8, 4) is 0 Å². The van der Waals surface area contributed by atoms with E-state index in [-0.39, 0.29) is 23.0 Å². The van der Waals surface area contributed by atoms with E-state index < -0.39 is 22.4 Å². The van der Waals surface area contributed by atoms with Gasteiger partial charge >= 0.3 is 6.18 Å². The molecule has 3 rings (SSSR count). The van der Waals surface area contributed by atoms with E-state index in [1.54, 1.807) is 0 Å². The van der Waals surface area contributed by atoms with Gasteiger partial charge in [0, 0.05) is 18.5 Å². The zero-order valence-electron chi connectivity index (χ0n) is 12.5. The number of nitrogens with zero attached hydrogens (tertiary/aromatic N) is 3. The summed E-state index contributed by atoms with van der Waals surface area (Å²) >= 11 is 0. The molecule has 0 fully saturated rings. The molecule has 0 aliphatic carbocycles. The molecule has 0 unspecified atom stereocenters. The molecule has 0 radical (unpaired) electrons. The molecule has 0 bridgehead atoms. The van der Waals surface area contributed by atoms with E-state index in [0.717, 1.165) is 12.3 Å². The molecule has 0 N–H and O–H groups in total. The van der Waals surface area contributed by atoms with Gasteiger partial charge in [0.1, 0.15) is 5.69 Å². The van der Waals surface area contributed by atoms with Crippen LogP contribution >= 0.6 is 0 Å². The van der Waals surface area contributed by atoms with Crippen LogP contribution in [0.25, 0.3) is 10.8 Å². The van der Waals surface area contributed by atoms with Gasteiger partial charge in [0.15, 0.2) is 0 Å². The Morgan fingerprint density at radius 3 is 2.48 bits per heavy atom. The highest BCUT2D eigenvalue weighted by Crippen LogP contribution is 2.27. The molecule has 128 valence electrons. The van der Waals surface area contributed by atoms with Crippen LogP contribution < -0.4 is 5.56 Å². The van der Waals surface area contributed by atoms with Crippen molar-refractivity contribution in [2.45, 2.75) is 12.7 Å². The first-order chi connectivity index (χ1) is 11.8. The fourth-order valence-corrected chi connectivity index (χ4v) is 2.47. The third-order valence-corrected chi connectivity index (χ3v) is 3.66. The minimum Gasteiger partial charge on any atom is -0.310 e. The maximum absolute atomic E-state index is 12.5. The lowest BCUT2D eigenvalue weighted by Gasteiger charge is -2.09. The van der Waals surface area contributed by atoms with Crippen molar-refractivity contribution >= 4 is 16.5 Å². The molecule has 0 atom stereocenters. The monoisotopic (exact) mass is 349 g/mol. The summed E-state index contributed by atoms with van der Waals surface area (Å²) in [5.74, 6) is 0. The molecule has 9 heteroatoms. The van der Waals surface area contributed by atoms with Gasteiger partial charge in [0.2, 0.25) is 0 Å². The van der Waals surface area contributed by atoms with Crippen LogP contribution in [0.1, 0.15) is 11.3 Å². The van der Waals surface area contributed by atoms with Gasteiger partial charge in [-0.2, -0.15) is 13.2 Å². The van der Waals surface area contributed by atoms with Crippen LogP contribution in [0.4, 0.5) is 18.9 Å². The van der Waals surface area contributed by atoms with Crippen LogP contribution in [0, 0.1) is 10.1 Å². The van der Waals surface area contributed by atoms with Gasteiger partial charge in [-0.3, -0.25) is 19.9 Å². The molecule has 0 saturated carbocycles. The van der Waals surface area contributed by atoms with E-state index in [0.29, 0.717) is 5.56 Å². The molecule has 0 aliphatic rings. The predicted octanol–water partition coefficient (Wildman–Crippen LogP) is 3.37. The normalized spacial score (nSPS) is 11.6. The highest BCUT2D eigenvalue weighted by molar-refractivity contribution is 5.89. The Morgan fingerprint density at radius 2 is 1.88 bits per heavy atom. The number of aromatic nitrogens is 2. The largest absolute Gasteiger partial charge is 0.433 e. The molecule has 0 saturated heterocycles. The van der Waals surface area contributed by atoms with Crippen LogP contribution in [0.2, 0.25) is 0 Å². The van der Waals surface area contributed by atoms with Gasteiger partial charge in [-0.25, -0.2) is 0 Å². The molecular weight excluding hydrogens is 339 g/mol. The number of rotatable bonds is 3. The number of hydrogen-bond donors (Lipinski definition) is 0. The van der Waals surface area contributed by atoms with Gasteiger partial charge in [-0.15, -0.1) is 0 Å². The van der Waals surface area contributed by atoms with E-state index >= 15 is 0 Å². The maximum atomic E-state index is 12.5. The average Bonchev–Trinajstić information content (AvgIpc) is 2.56. The van der Waals surface area contributed by atoms with Gasteiger partial charge in [0.05, 0.1) is 22.2 Å². The van der Waals surface area contributed by atoms with E-state index in [4.69, 9.17) is 0 Å². The van der Waals surface area contributed by atoms with Gasteiger partial charge in [-0.1, -0.05) is 12.1 Å². The van der Waals surface area contributed by atoms with Crippen molar-refractivity contribution in [2.24, 2.45) is 0 Å². The molecule has 2 heterocycles. The number of pyridine rings is 2. The summed E-state index contributed by atoms with van der Waals surface area (Å²) in [5.41, 5.74) is -1.27. The number of hydrogen-bond acceptors (Lipinski definition) is 4. The maximum Gasteiger partial charge on any atom is 0.433 e. The number of fused-ring (bicyclic) bond motifs is 1. The predicted molar refractivity (Wildman–Crippen MR) is 83.2 cm³/mol. The molecule has 0 aliphatic heterocycles. The Hall–Kier alpha value is -3.23. The van der Waals surface area contributed by atoms with Crippen molar-refractivity contribution < 1.29 is 18.1 Å². The quantitative estimate of drug-likeness (QED) is 0.536. The minimum absolute atomic E-state index is 0.00258. The Kier molecular flexibility index (Phi) is 3.99. The van der Waals surface area contributed by atoms with Crippen LogP contribution in [0.5, 0.6) is 0 Å². The molecular formula is C16H10F3N3O3. The third kappa shape index (κ3) is 3.21. The van der Waals surface area contributed by atoms with Gasteiger partial charge in [-0.05, 0) is 23.8 Å². The lowest BCUT2D eigenvalue weighted by Crippen LogP contribution is -2.20. The summed E-state index contributed by atoms with van der Waals surface area (Å²) in [7, 11) is 0. The third-order valence-electron chi connectivity index (χ3n) is 3.66. The van der Waals surface area contributed by atoms with Crippen LogP contribution in [0.3, 0.4) is 0 Å². The number of benzene rings is 1. The topological polar surface area (TPSA) is 78.0 Å². The van der Waals surface area contributed by atoms with Crippen LogP contribution in [0.15, 0.2) is 53.6 Å². The number of alkyl halides is 3. The Labute approximate surface area is 138 Å². The Balaban J connectivity index is 1.99. The molecule has 2 aromatic heterocycles. The van der Waals surface area contributed by atoms with E-state index in [1.807, 2.05) is 0 Å². The number of halogens is 3. The number of non-ortho nitro benzene ring substituents is 1. The van der Waals surface area contributed by atoms with Crippen molar-refractivity contribution in [1.82, 2.24) is 9.55 Å². The lowest BCUT2D eigenvalue weighted by atomic mass is 10.1.